The number of nitrogens with zero attached hydrogens (tertiary/aromatic N) is 1. The third kappa shape index (κ3) is 2.20. The van der Waals surface area contributed by atoms with Gasteiger partial charge in [0.15, 0.2) is 4.77 Å². The van der Waals surface area contributed by atoms with Crippen LogP contribution in [0.15, 0.2) is 4.79 Å². The third-order valence-corrected chi connectivity index (χ3v) is 5.17. The Bertz CT molecular complexity index is 800. The van der Waals surface area contributed by atoms with E-state index in [2.05, 4.69) is 4.98 Å². The molecular weight excluding hydrogens is 296 g/mol. The molecule has 20 heavy (non-hydrogen) atoms. The van der Waals surface area contributed by atoms with Crippen molar-refractivity contribution in [3.63, 3.8) is 0 Å². The number of hydrogen-bond acceptors (Lipinski definition) is 4. The van der Waals surface area contributed by atoms with Crippen molar-refractivity contribution in [3.8, 4) is 0 Å². The first-order chi connectivity index (χ1) is 9.58. The monoisotopic (exact) mass is 310 g/mol. The van der Waals surface area contributed by atoms with E-state index in [1.54, 1.807) is 11.3 Å². The number of H-pyrrole nitrogens is 1. The summed E-state index contributed by atoms with van der Waals surface area (Å²) in [4.78, 5) is 28.5. The van der Waals surface area contributed by atoms with Crippen LogP contribution in [0.25, 0.3) is 10.2 Å². The van der Waals surface area contributed by atoms with E-state index in [1.807, 2.05) is 0 Å². The largest absolute Gasteiger partial charge is 0.481 e. The number of aromatic nitrogens is 2. The molecule has 0 spiro atoms. The highest BCUT2D eigenvalue weighted by Gasteiger charge is 2.20. The van der Waals surface area contributed by atoms with Gasteiger partial charge in [-0.15, -0.1) is 11.3 Å². The molecule has 0 atom stereocenters. The molecule has 0 aromatic carbocycles. The average Bonchev–Trinajstić information content (AvgIpc) is 2.75. The molecule has 0 aliphatic heterocycles. The Hall–Kier alpha value is -1.47. The molecule has 2 aromatic heterocycles. The zero-order valence-corrected chi connectivity index (χ0v) is 12.4. The maximum atomic E-state index is 12.6. The predicted octanol–water partition coefficient (Wildman–Crippen LogP) is 2.47. The topological polar surface area (TPSA) is 75.1 Å². The number of aromatic amines is 1. The molecule has 7 heteroatoms. The minimum Gasteiger partial charge on any atom is -0.481 e. The molecule has 0 bridgehead atoms. The minimum absolute atomic E-state index is 0.102. The zero-order chi connectivity index (χ0) is 14.3. The molecule has 0 amide bonds. The number of carboxylic acids is 1. The van der Waals surface area contributed by atoms with Crippen LogP contribution in [-0.4, -0.2) is 20.6 Å². The summed E-state index contributed by atoms with van der Waals surface area (Å²) in [7, 11) is 0. The summed E-state index contributed by atoms with van der Waals surface area (Å²) in [6.07, 6.45) is 4.10. The number of thiophene rings is 1. The SMILES string of the molecule is O=C(O)CCn1c(=S)[nH]c2sc3c(c2c1=O)CCCC3. The lowest BCUT2D eigenvalue weighted by molar-refractivity contribution is -0.137. The number of nitrogens with one attached hydrogen (secondary N) is 1. The number of hydrogen-bond donors (Lipinski definition) is 2. The summed E-state index contributed by atoms with van der Waals surface area (Å²) in [5.74, 6) is -0.932. The van der Waals surface area contributed by atoms with Gasteiger partial charge in [0.1, 0.15) is 4.83 Å². The first-order valence-corrected chi connectivity index (χ1v) is 7.79. The highest BCUT2D eigenvalue weighted by Crippen LogP contribution is 2.33. The summed E-state index contributed by atoms with van der Waals surface area (Å²) in [5, 5.41) is 9.48. The number of aliphatic carboxylic acids is 1. The maximum absolute atomic E-state index is 12.6. The average molecular weight is 310 g/mol. The maximum Gasteiger partial charge on any atom is 0.305 e. The van der Waals surface area contributed by atoms with Crippen LogP contribution >= 0.6 is 23.6 Å². The van der Waals surface area contributed by atoms with Gasteiger partial charge in [0.05, 0.1) is 11.8 Å². The van der Waals surface area contributed by atoms with Crippen molar-refractivity contribution in [2.75, 3.05) is 0 Å². The smallest absolute Gasteiger partial charge is 0.305 e. The normalized spacial score (nSPS) is 14.4. The van der Waals surface area contributed by atoms with Gasteiger partial charge < -0.3 is 10.1 Å². The first-order valence-electron chi connectivity index (χ1n) is 6.57. The van der Waals surface area contributed by atoms with Crippen molar-refractivity contribution in [3.05, 3.63) is 25.6 Å². The molecule has 0 unspecified atom stereocenters. The van der Waals surface area contributed by atoms with Gasteiger partial charge in [-0.05, 0) is 43.5 Å². The summed E-state index contributed by atoms with van der Waals surface area (Å²) in [6.45, 7) is 0.115. The Kier molecular flexibility index (Phi) is 3.47. The second kappa shape index (κ2) is 5.14. The van der Waals surface area contributed by atoms with Gasteiger partial charge in [-0.1, -0.05) is 0 Å². The van der Waals surface area contributed by atoms with Crippen molar-refractivity contribution in [2.24, 2.45) is 0 Å². The highest BCUT2D eigenvalue weighted by atomic mass is 32.1. The lowest BCUT2D eigenvalue weighted by Crippen LogP contribution is -2.23. The first kappa shape index (κ1) is 13.5. The molecule has 3 rings (SSSR count). The van der Waals surface area contributed by atoms with Crippen molar-refractivity contribution in [2.45, 2.75) is 38.6 Å². The Labute approximate surface area is 123 Å². The molecule has 2 N–H and O–H groups in total. The van der Waals surface area contributed by atoms with Crippen molar-refractivity contribution in [1.29, 1.82) is 0 Å². The molecule has 0 radical (unpaired) electrons. The van der Waals surface area contributed by atoms with Crippen LogP contribution in [0.3, 0.4) is 0 Å². The van der Waals surface area contributed by atoms with Crippen LogP contribution in [0.5, 0.6) is 0 Å². The number of fused-ring (bicyclic) bond motifs is 3. The molecular formula is C13H14N2O3S2. The third-order valence-electron chi connectivity index (χ3n) is 3.65. The van der Waals surface area contributed by atoms with Crippen LogP contribution in [0.4, 0.5) is 0 Å². The van der Waals surface area contributed by atoms with E-state index in [9.17, 15) is 9.59 Å². The summed E-state index contributed by atoms with van der Waals surface area (Å²) < 4.78 is 1.68. The fourth-order valence-corrected chi connectivity index (χ4v) is 4.30. The van der Waals surface area contributed by atoms with Crippen LogP contribution in [-0.2, 0) is 24.2 Å². The Morgan fingerprint density at radius 3 is 2.90 bits per heavy atom. The quantitative estimate of drug-likeness (QED) is 0.854. The van der Waals surface area contributed by atoms with Gasteiger partial charge in [-0.3, -0.25) is 14.2 Å². The predicted molar refractivity (Wildman–Crippen MR) is 80.2 cm³/mol. The van der Waals surface area contributed by atoms with E-state index in [-0.39, 0.29) is 18.5 Å². The number of carbonyl (C=O) groups is 1. The number of rotatable bonds is 3. The van der Waals surface area contributed by atoms with Crippen LogP contribution in [0, 0.1) is 4.77 Å². The minimum atomic E-state index is -0.932. The fraction of sp³-hybridized carbons (Fsp3) is 0.462. The van der Waals surface area contributed by atoms with Gasteiger partial charge in [0.25, 0.3) is 5.56 Å². The van der Waals surface area contributed by atoms with Gasteiger partial charge in [-0.2, -0.15) is 0 Å². The van der Waals surface area contributed by atoms with Crippen molar-refractivity contribution < 1.29 is 9.90 Å². The van der Waals surface area contributed by atoms with E-state index in [4.69, 9.17) is 17.3 Å². The van der Waals surface area contributed by atoms with E-state index in [0.717, 1.165) is 36.1 Å². The molecule has 0 saturated heterocycles. The van der Waals surface area contributed by atoms with Crippen molar-refractivity contribution in [1.82, 2.24) is 9.55 Å². The fourth-order valence-electron chi connectivity index (χ4n) is 2.68. The van der Waals surface area contributed by atoms with Crippen LogP contribution in [0.1, 0.15) is 29.7 Å². The molecule has 5 nitrogen and oxygen atoms in total. The molecule has 0 fully saturated rings. The molecule has 1 aliphatic rings. The Morgan fingerprint density at radius 2 is 2.15 bits per heavy atom. The van der Waals surface area contributed by atoms with Crippen molar-refractivity contribution >= 4 is 39.7 Å². The Morgan fingerprint density at radius 1 is 1.40 bits per heavy atom. The summed E-state index contributed by atoms with van der Waals surface area (Å²) in [6, 6.07) is 0. The highest BCUT2D eigenvalue weighted by molar-refractivity contribution is 7.71. The van der Waals surface area contributed by atoms with E-state index < -0.39 is 5.97 Å². The lowest BCUT2D eigenvalue weighted by Gasteiger charge is -2.10. The van der Waals surface area contributed by atoms with Crippen LogP contribution < -0.4 is 5.56 Å². The number of aryl methyl sites for hydroxylation is 2. The van der Waals surface area contributed by atoms with Gasteiger partial charge >= 0.3 is 5.97 Å². The van der Waals surface area contributed by atoms with Gasteiger partial charge in [0.2, 0.25) is 0 Å². The van der Waals surface area contributed by atoms with E-state index in [0.29, 0.717) is 10.2 Å². The zero-order valence-electron chi connectivity index (χ0n) is 10.8. The van der Waals surface area contributed by atoms with Gasteiger partial charge in [-0.25, -0.2) is 0 Å². The molecule has 0 saturated carbocycles. The van der Waals surface area contributed by atoms with E-state index >= 15 is 0 Å². The van der Waals surface area contributed by atoms with E-state index in [1.165, 1.54) is 9.44 Å². The standard InChI is InChI=1S/C13H14N2O3S2/c16-9(17)5-6-15-12(18)10-7-3-1-2-4-8(7)20-11(10)14-13(15)19/h1-6H2,(H,14,19)(H,16,17). The summed E-state index contributed by atoms with van der Waals surface area (Å²) >= 11 is 6.79. The second-order valence-corrected chi connectivity index (χ2v) is 6.44. The second-order valence-electron chi connectivity index (χ2n) is 4.95. The molecule has 2 aromatic rings. The Balaban J connectivity index is 2.20. The lowest BCUT2D eigenvalue weighted by atomic mass is 9.97. The molecule has 2 heterocycles. The van der Waals surface area contributed by atoms with Crippen LogP contribution in [0.2, 0.25) is 0 Å². The summed E-state index contributed by atoms with van der Waals surface area (Å²) in [5.41, 5.74) is 0.987. The molecule has 1 aliphatic carbocycles. The molecule has 106 valence electrons. The van der Waals surface area contributed by atoms with Gasteiger partial charge in [0, 0.05) is 11.4 Å². The number of carboxylic acid groups (broad SMARTS) is 1.